The fourth-order valence-electron chi connectivity index (χ4n) is 2.86. The number of nitrogens with zero attached hydrogens (tertiary/aromatic N) is 1. The number of hydrogen-bond acceptors (Lipinski definition) is 4. The van der Waals surface area contributed by atoms with Gasteiger partial charge in [0.1, 0.15) is 17.4 Å². The maximum atomic E-state index is 6.02. The first-order valence-electron chi connectivity index (χ1n) is 7.11. The van der Waals surface area contributed by atoms with Crippen molar-refractivity contribution in [2.24, 2.45) is 0 Å². The van der Waals surface area contributed by atoms with Gasteiger partial charge in [0.2, 0.25) is 0 Å². The minimum Gasteiger partial charge on any atom is -0.486 e. The standard InChI is InChI=1S/C16H20N2OS/c1-11-10-20-16(18-11)9-19-15-8-4-5-12-13(15)6-3-7-14(12)17-2/h4-5,8,10,14,17H,3,6-7,9H2,1-2H3. The van der Waals surface area contributed by atoms with E-state index in [0.29, 0.717) is 12.6 Å². The maximum absolute atomic E-state index is 6.02. The number of rotatable bonds is 4. The Kier molecular flexibility index (Phi) is 4.03. The van der Waals surface area contributed by atoms with Crippen molar-refractivity contribution in [3.05, 3.63) is 45.4 Å². The Hall–Kier alpha value is -1.39. The highest BCUT2D eigenvalue weighted by molar-refractivity contribution is 7.09. The summed E-state index contributed by atoms with van der Waals surface area (Å²) in [6.45, 7) is 2.58. The van der Waals surface area contributed by atoms with Crippen LogP contribution in [0.3, 0.4) is 0 Å². The normalized spacial score (nSPS) is 17.8. The molecule has 106 valence electrons. The fourth-order valence-corrected chi connectivity index (χ4v) is 3.54. The molecule has 1 N–H and O–H groups in total. The second kappa shape index (κ2) is 5.94. The van der Waals surface area contributed by atoms with Gasteiger partial charge < -0.3 is 10.1 Å². The van der Waals surface area contributed by atoms with E-state index < -0.39 is 0 Å². The molecule has 0 saturated heterocycles. The Bertz CT molecular complexity index is 594. The van der Waals surface area contributed by atoms with Crippen LogP contribution in [0, 0.1) is 6.92 Å². The third kappa shape index (κ3) is 2.72. The zero-order valence-corrected chi connectivity index (χ0v) is 12.8. The Labute approximate surface area is 124 Å². The summed E-state index contributed by atoms with van der Waals surface area (Å²) >= 11 is 1.66. The minimum absolute atomic E-state index is 0.462. The molecule has 0 amide bonds. The van der Waals surface area contributed by atoms with Crippen LogP contribution in [-0.2, 0) is 13.0 Å². The molecule has 3 rings (SSSR count). The first-order chi connectivity index (χ1) is 9.78. The SMILES string of the molecule is CNC1CCCc2c(OCc3nc(C)cs3)cccc21. The molecule has 0 spiro atoms. The third-order valence-corrected chi connectivity index (χ3v) is 4.77. The molecular weight excluding hydrogens is 268 g/mol. The number of thiazole rings is 1. The molecule has 4 heteroatoms. The summed E-state index contributed by atoms with van der Waals surface area (Å²) in [5.74, 6) is 1.02. The lowest BCUT2D eigenvalue weighted by Crippen LogP contribution is -2.22. The Morgan fingerprint density at radius 2 is 2.35 bits per heavy atom. The van der Waals surface area contributed by atoms with Gasteiger partial charge in [-0.15, -0.1) is 11.3 Å². The monoisotopic (exact) mass is 288 g/mol. The summed E-state index contributed by atoms with van der Waals surface area (Å²) in [4.78, 5) is 4.45. The van der Waals surface area contributed by atoms with Gasteiger partial charge in [-0.3, -0.25) is 0 Å². The van der Waals surface area contributed by atoms with Gasteiger partial charge in [-0.25, -0.2) is 4.98 Å². The highest BCUT2D eigenvalue weighted by Crippen LogP contribution is 2.35. The molecule has 1 aliphatic rings. The summed E-state index contributed by atoms with van der Waals surface area (Å²) in [6.07, 6.45) is 3.54. The molecule has 20 heavy (non-hydrogen) atoms. The van der Waals surface area contributed by atoms with Gasteiger partial charge in [-0.1, -0.05) is 12.1 Å². The summed E-state index contributed by atoms with van der Waals surface area (Å²) < 4.78 is 6.02. The lowest BCUT2D eigenvalue weighted by atomic mass is 9.87. The van der Waals surface area contributed by atoms with Gasteiger partial charge in [0.15, 0.2) is 0 Å². The number of hydrogen-bond donors (Lipinski definition) is 1. The topological polar surface area (TPSA) is 34.1 Å². The van der Waals surface area contributed by atoms with Crippen LogP contribution in [0.25, 0.3) is 0 Å². The highest BCUT2D eigenvalue weighted by Gasteiger charge is 2.21. The number of fused-ring (bicyclic) bond motifs is 1. The molecule has 0 saturated carbocycles. The molecule has 0 fully saturated rings. The number of benzene rings is 1. The summed E-state index contributed by atoms with van der Waals surface area (Å²) in [5.41, 5.74) is 3.83. The average Bonchev–Trinajstić information content (AvgIpc) is 2.90. The Morgan fingerprint density at radius 1 is 1.45 bits per heavy atom. The van der Waals surface area contributed by atoms with E-state index in [4.69, 9.17) is 4.74 Å². The molecule has 1 aromatic heterocycles. The van der Waals surface area contributed by atoms with Crippen molar-refractivity contribution < 1.29 is 4.74 Å². The van der Waals surface area contributed by atoms with Gasteiger partial charge in [0.05, 0.1) is 0 Å². The van der Waals surface area contributed by atoms with E-state index in [1.165, 1.54) is 24.0 Å². The van der Waals surface area contributed by atoms with E-state index in [0.717, 1.165) is 22.9 Å². The quantitative estimate of drug-likeness (QED) is 0.933. The average molecular weight is 288 g/mol. The van der Waals surface area contributed by atoms with Crippen molar-refractivity contribution in [3.63, 3.8) is 0 Å². The summed E-state index contributed by atoms with van der Waals surface area (Å²) in [7, 11) is 2.03. The van der Waals surface area contributed by atoms with E-state index in [1.54, 1.807) is 11.3 Å². The van der Waals surface area contributed by atoms with Crippen LogP contribution in [0.15, 0.2) is 23.6 Å². The highest BCUT2D eigenvalue weighted by atomic mass is 32.1. The van der Waals surface area contributed by atoms with Crippen molar-refractivity contribution in [1.29, 1.82) is 0 Å². The van der Waals surface area contributed by atoms with E-state index in [9.17, 15) is 0 Å². The zero-order valence-electron chi connectivity index (χ0n) is 12.0. The zero-order chi connectivity index (χ0) is 13.9. The lowest BCUT2D eigenvalue weighted by molar-refractivity contribution is 0.299. The van der Waals surface area contributed by atoms with Crippen LogP contribution in [0.2, 0.25) is 0 Å². The van der Waals surface area contributed by atoms with Crippen LogP contribution in [-0.4, -0.2) is 12.0 Å². The molecule has 1 aliphatic carbocycles. The van der Waals surface area contributed by atoms with Crippen LogP contribution in [0.4, 0.5) is 0 Å². The van der Waals surface area contributed by atoms with Crippen molar-refractivity contribution in [3.8, 4) is 5.75 Å². The smallest absolute Gasteiger partial charge is 0.140 e. The fraction of sp³-hybridized carbons (Fsp3) is 0.438. The van der Waals surface area contributed by atoms with Crippen molar-refractivity contribution in [2.75, 3.05) is 7.05 Å². The summed E-state index contributed by atoms with van der Waals surface area (Å²) in [6, 6.07) is 6.86. The lowest BCUT2D eigenvalue weighted by Gasteiger charge is -2.26. The molecule has 1 unspecified atom stereocenters. The van der Waals surface area contributed by atoms with Gasteiger partial charge in [0, 0.05) is 17.1 Å². The maximum Gasteiger partial charge on any atom is 0.140 e. The predicted octanol–water partition coefficient (Wildman–Crippen LogP) is 3.63. The number of aryl methyl sites for hydroxylation is 1. The minimum atomic E-state index is 0.462. The van der Waals surface area contributed by atoms with Gasteiger partial charge >= 0.3 is 0 Å². The molecule has 0 bridgehead atoms. The van der Waals surface area contributed by atoms with Crippen LogP contribution < -0.4 is 10.1 Å². The van der Waals surface area contributed by atoms with E-state index >= 15 is 0 Å². The second-order valence-electron chi connectivity index (χ2n) is 5.23. The molecule has 3 nitrogen and oxygen atoms in total. The van der Waals surface area contributed by atoms with Gasteiger partial charge in [0.25, 0.3) is 0 Å². The predicted molar refractivity (Wildman–Crippen MR) is 82.4 cm³/mol. The second-order valence-corrected chi connectivity index (χ2v) is 6.17. The van der Waals surface area contributed by atoms with Gasteiger partial charge in [-0.05, 0) is 50.4 Å². The molecule has 0 aliphatic heterocycles. The van der Waals surface area contributed by atoms with Crippen molar-refractivity contribution in [2.45, 2.75) is 38.8 Å². The van der Waals surface area contributed by atoms with Crippen molar-refractivity contribution >= 4 is 11.3 Å². The number of nitrogens with one attached hydrogen (secondary N) is 1. The number of ether oxygens (including phenoxy) is 1. The van der Waals surface area contributed by atoms with Crippen LogP contribution in [0.1, 0.15) is 40.7 Å². The first-order valence-corrected chi connectivity index (χ1v) is 7.98. The van der Waals surface area contributed by atoms with E-state index in [-0.39, 0.29) is 0 Å². The van der Waals surface area contributed by atoms with E-state index in [2.05, 4.69) is 33.9 Å². The molecule has 1 atom stereocenters. The Balaban J connectivity index is 1.80. The molecule has 0 radical (unpaired) electrons. The molecule has 1 aromatic carbocycles. The summed E-state index contributed by atoms with van der Waals surface area (Å²) in [5, 5.41) is 6.51. The molecular formula is C16H20N2OS. The van der Waals surface area contributed by atoms with Crippen LogP contribution in [0.5, 0.6) is 5.75 Å². The Morgan fingerprint density at radius 3 is 3.10 bits per heavy atom. The van der Waals surface area contributed by atoms with E-state index in [1.807, 2.05) is 14.0 Å². The largest absolute Gasteiger partial charge is 0.486 e. The van der Waals surface area contributed by atoms with Crippen LogP contribution >= 0.6 is 11.3 Å². The first kappa shape index (κ1) is 13.6. The molecule has 1 heterocycles. The third-order valence-electron chi connectivity index (χ3n) is 3.83. The molecule has 2 aromatic rings. The van der Waals surface area contributed by atoms with Crippen molar-refractivity contribution in [1.82, 2.24) is 10.3 Å². The van der Waals surface area contributed by atoms with Gasteiger partial charge in [-0.2, -0.15) is 0 Å². The number of aromatic nitrogens is 1.